The van der Waals surface area contributed by atoms with E-state index in [4.69, 9.17) is 9.47 Å². The highest BCUT2D eigenvalue weighted by molar-refractivity contribution is 5.81. The first-order valence-electron chi connectivity index (χ1n) is 8.52. The van der Waals surface area contributed by atoms with E-state index in [1.807, 2.05) is 18.2 Å². The number of aromatic hydroxyl groups is 1. The summed E-state index contributed by atoms with van der Waals surface area (Å²) >= 11 is 0. The Morgan fingerprint density at radius 3 is 2.96 bits per heavy atom. The molecule has 0 radical (unpaired) electrons. The molecule has 1 aromatic carbocycles. The molecule has 1 aromatic heterocycles. The van der Waals surface area contributed by atoms with Crippen molar-refractivity contribution in [2.45, 2.75) is 25.5 Å². The summed E-state index contributed by atoms with van der Waals surface area (Å²) in [7, 11) is 0. The van der Waals surface area contributed by atoms with E-state index in [0.29, 0.717) is 32.1 Å². The number of benzene rings is 1. The van der Waals surface area contributed by atoms with E-state index in [2.05, 4.69) is 4.98 Å². The highest BCUT2D eigenvalue weighted by Crippen LogP contribution is 2.37. The Morgan fingerprint density at radius 2 is 2.20 bits per heavy atom. The maximum absolute atomic E-state index is 12.7. The lowest BCUT2D eigenvalue weighted by Gasteiger charge is -2.23. The molecule has 25 heavy (non-hydrogen) atoms. The van der Waals surface area contributed by atoms with Gasteiger partial charge in [-0.15, -0.1) is 0 Å². The van der Waals surface area contributed by atoms with E-state index in [-0.39, 0.29) is 17.8 Å². The maximum Gasteiger partial charge on any atom is 0.252 e. The monoisotopic (exact) mass is 340 g/mol. The molecule has 0 aliphatic carbocycles. The molecule has 2 aromatic rings. The summed E-state index contributed by atoms with van der Waals surface area (Å²) in [6, 6.07) is 7.41. The molecule has 0 saturated carbocycles. The SMILES string of the molecule is O=C(C1CCCO1)N1CCOc2c(O)cc(-c3cccnc3)cc2C1. The lowest BCUT2D eigenvalue weighted by Crippen LogP contribution is -2.39. The van der Waals surface area contributed by atoms with Crippen molar-refractivity contribution in [1.82, 2.24) is 9.88 Å². The molecule has 4 rings (SSSR count). The van der Waals surface area contributed by atoms with Crippen molar-refractivity contribution < 1.29 is 19.4 Å². The quantitative estimate of drug-likeness (QED) is 0.909. The fourth-order valence-corrected chi connectivity index (χ4v) is 3.36. The molecule has 6 heteroatoms. The number of phenolic OH excluding ortho intramolecular Hbond substituents is 1. The molecule has 0 spiro atoms. The summed E-state index contributed by atoms with van der Waals surface area (Å²) in [5.41, 5.74) is 2.55. The minimum atomic E-state index is -0.350. The van der Waals surface area contributed by atoms with E-state index < -0.39 is 0 Å². The number of hydrogen-bond donors (Lipinski definition) is 1. The van der Waals surface area contributed by atoms with Crippen molar-refractivity contribution in [2.75, 3.05) is 19.8 Å². The molecule has 1 atom stereocenters. The first-order valence-corrected chi connectivity index (χ1v) is 8.52. The Balaban J connectivity index is 1.65. The average Bonchev–Trinajstić information content (AvgIpc) is 3.08. The highest BCUT2D eigenvalue weighted by atomic mass is 16.5. The van der Waals surface area contributed by atoms with Gasteiger partial charge < -0.3 is 19.5 Å². The standard InChI is InChI=1S/C19H20N2O4/c22-16-10-14(13-3-1-5-20-11-13)9-15-12-21(6-8-25-18(15)16)19(23)17-4-2-7-24-17/h1,3,5,9-11,17,22H,2,4,6-8,12H2. The number of carbonyl (C=O) groups is 1. The maximum atomic E-state index is 12.7. The molecular formula is C19H20N2O4. The second kappa shape index (κ2) is 6.72. The molecule has 0 bridgehead atoms. The summed E-state index contributed by atoms with van der Waals surface area (Å²) in [6.07, 6.45) is 4.79. The Kier molecular flexibility index (Phi) is 4.28. The van der Waals surface area contributed by atoms with Gasteiger partial charge in [0, 0.05) is 36.7 Å². The van der Waals surface area contributed by atoms with Gasteiger partial charge in [-0.2, -0.15) is 0 Å². The van der Waals surface area contributed by atoms with Crippen molar-refractivity contribution >= 4 is 5.91 Å². The second-order valence-electron chi connectivity index (χ2n) is 6.34. The van der Waals surface area contributed by atoms with Crippen molar-refractivity contribution in [3.05, 3.63) is 42.2 Å². The van der Waals surface area contributed by atoms with Gasteiger partial charge in [0.25, 0.3) is 5.91 Å². The van der Waals surface area contributed by atoms with Gasteiger partial charge in [0.05, 0.1) is 6.54 Å². The molecule has 6 nitrogen and oxygen atoms in total. The van der Waals surface area contributed by atoms with Gasteiger partial charge in [-0.05, 0) is 36.6 Å². The number of hydrogen-bond acceptors (Lipinski definition) is 5. The fraction of sp³-hybridized carbons (Fsp3) is 0.368. The number of phenols is 1. The van der Waals surface area contributed by atoms with Crippen LogP contribution in [0.25, 0.3) is 11.1 Å². The average molecular weight is 340 g/mol. The molecule has 1 saturated heterocycles. The van der Waals surface area contributed by atoms with Crippen LogP contribution in [0.5, 0.6) is 11.5 Å². The zero-order chi connectivity index (χ0) is 17.2. The van der Waals surface area contributed by atoms with Crippen LogP contribution in [-0.2, 0) is 16.1 Å². The second-order valence-corrected chi connectivity index (χ2v) is 6.34. The molecule has 1 unspecified atom stereocenters. The van der Waals surface area contributed by atoms with Crippen LogP contribution in [0.15, 0.2) is 36.7 Å². The Bertz CT molecular complexity index is 772. The van der Waals surface area contributed by atoms with Gasteiger partial charge in [0.15, 0.2) is 11.5 Å². The molecule has 2 aliphatic heterocycles. The lowest BCUT2D eigenvalue weighted by atomic mass is 10.0. The normalized spacial score (nSPS) is 19.8. The summed E-state index contributed by atoms with van der Waals surface area (Å²) in [5, 5.41) is 10.4. The highest BCUT2D eigenvalue weighted by Gasteiger charge is 2.30. The number of amides is 1. The number of fused-ring (bicyclic) bond motifs is 1. The summed E-state index contributed by atoms with van der Waals surface area (Å²) < 4.78 is 11.2. The van der Waals surface area contributed by atoms with E-state index >= 15 is 0 Å². The Labute approximate surface area is 146 Å². The van der Waals surface area contributed by atoms with Gasteiger partial charge >= 0.3 is 0 Å². The summed E-state index contributed by atoms with van der Waals surface area (Å²) in [6.45, 7) is 1.87. The minimum absolute atomic E-state index is 0.000204. The van der Waals surface area contributed by atoms with Gasteiger partial charge in [0.1, 0.15) is 12.7 Å². The van der Waals surface area contributed by atoms with Crippen molar-refractivity contribution in [2.24, 2.45) is 0 Å². The van der Waals surface area contributed by atoms with Gasteiger partial charge in [-0.1, -0.05) is 6.07 Å². The number of pyridine rings is 1. The third kappa shape index (κ3) is 3.17. The smallest absolute Gasteiger partial charge is 0.252 e. The largest absolute Gasteiger partial charge is 0.504 e. The number of ether oxygens (including phenoxy) is 2. The molecule has 2 aliphatic rings. The molecule has 1 fully saturated rings. The summed E-state index contributed by atoms with van der Waals surface area (Å²) in [4.78, 5) is 18.6. The van der Waals surface area contributed by atoms with Crippen molar-refractivity contribution in [1.29, 1.82) is 0 Å². The number of nitrogens with zero attached hydrogens (tertiary/aromatic N) is 2. The zero-order valence-corrected chi connectivity index (χ0v) is 13.9. The van der Waals surface area contributed by atoms with Crippen LogP contribution in [0.2, 0.25) is 0 Å². The van der Waals surface area contributed by atoms with Gasteiger partial charge in [-0.25, -0.2) is 0 Å². The van der Waals surface area contributed by atoms with E-state index in [1.54, 1.807) is 23.4 Å². The lowest BCUT2D eigenvalue weighted by molar-refractivity contribution is -0.141. The fourth-order valence-electron chi connectivity index (χ4n) is 3.36. The van der Waals surface area contributed by atoms with Crippen LogP contribution in [0, 0.1) is 0 Å². The molecule has 3 heterocycles. The number of rotatable bonds is 2. The van der Waals surface area contributed by atoms with Crippen molar-refractivity contribution in [3.63, 3.8) is 0 Å². The van der Waals surface area contributed by atoms with Crippen LogP contribution in [-0.4, -0.2) is 46.8 Å². The Morgan fingerprint density at radius 1 is 1.28 bits per heavy atom. The molecule has 130 valence electrons. The van der Waals surface area contributed by atoms with Crippen molar-refractivity contribution in [3.8, 4) is 22.6 Å². The van der Waals surface area contributed by atoms with Crippen LogP contribution < -0.4 is 4.74 Å². The van der Waals surface area contributed by atoms with Crippen LogP contribution in [0.3, 0.4) is 0 Å². The van der Waals surface area contributed by atoms with Gasteiger partial charge in [0.2, 0.25) is 0 Å². The van der Waals surface area contributed by atoms with Crippen LogP contribution in [0.1, 0.15) is 18.4 Å². The number of aromatic nitrogens is 1. The third-order valence-electron chi connectivity index (χ3n) is 4.63. The molecular weight excluding hydrogens is 320 g/mol. The zero-order valence-electron chi connectivity index (χ0n) is 13.9. The molecule has 1 amide bonds. The minimum Gasteiger partial charge on any atom is -0.504 e. The predicted octanol–water partition coefficient (Wildman–Crippen LogP) is 2.35. The molecule has 1 N–H and O–H groups in total. The first kappa shape index (κ1) is 15.9. The van der Waals surface area contributed by atoms with E-state index in [0.717, 1.165) is 29.5 Å². The van der Waals surface area contributed by atoms with Crippen LogP contribution in [0.4, 0.5) is 0 Å². The first-order chi connectivity index (χ1) is 12.2. The predicted molar refractivity (Wildman–Crippen MR) is 91.2 cm³/mol. The number of carbonyl (C=O) groups excluding carboxylic acids is 1. The topological polar surface area (TPSA) is 71.9 Å². The van der Waals surface area contributed by atoms with E-state index in [1.165, 1.54) is 0 Å². The third-order valence-corrected chi connectivity index (χ3v) is 4.63. The van der Waals surface area contributed by atoms with Gasteiger partial charge in [-0.3, -0.25) is 9.78 Å². The van der Waals surface area contributed by atoms with E-state index in [9.17, 15) is 9.90 Å². The Hall–Kier alpha value is -2.60. The van der Waals surface area contributed by atoms with Crippen LogP contribution >= 0.6 is 0 Å². The summed E-state index contributed by atoms with van der Waals surface area (Å²) in [5.74, 6) is 0.540.